The maximum Gasteiger partial charge on any atom is 0.212 e. The zero-order valence-electron chi connectivity index (χ0n) is 24.2. The number of piperidine rings is 1. The number of hydrogen-bond acceptors (Lipinski definition) is 8. The lowest BCUT2D eigenvalue weighted by molar-refractivity contribution is -0.118. The summed E-state index contributed by atoms with van der Waals surface area (Å²) in [6, 6.07) is 7.65. The first-order chi connectivity index (χ1) is 19.5. The van der Waals surface area contributed by atoms with E-state index in [9.17, 15) is 9.90 Å². The number of carbonyl (C=O) groups is 1. The lowest BCUT2D eigenvalue weighted by atomic mass is 9.90. The highest BCUT2D eigenvalue weighted by atomic mass is 16.5. The SMILES string of the molecule is CCC(=O)CCCCC[C@H](NC(O)[C@H]1CC12CCN(CC)CC2)c1ncc(-c2cc3cccnc3cc2OC)o1. The Bertz CT molecular complexity index is 1280. The van der Waals surface area contributed by atoms with E-state index in [1.165, 1.54) is 0 Å². The van der Waals surface area contributed by atoms with Crippen LogP contribution in [-0.2, 0) is 4.79 Å². The van der Waals surface area contributed by atoms with Crippen LogP contribution in [0, 0.1) is 11.3 Å². The molecule has 8 nitrogen and oxygen atoms in total. The molecule has 2 aromatic heterocycles. The standard InChI is InChI=1S/C32H44N4O4/c1-4-23(37)11-7-6-8-12-26(35-30(38)25-20-32(25)13-16-36(5-2)17-14-32)31-34-21-29(40-31)24-18-22-10-9-15-33-27(22)19-28(24)39-3/h9-10,15,18-19,21,25-26,30,35,38H,4-8,11-14,16-17,20H2,1-3H3/t25-,26+,30?/m1/s1. The van der Waals surface area contributed by atoms with E-state index in [0.717, 1.165) is 81.0 Å². The molecule has 1 saturated carbocycles. The normalized spacial score (nSPS) is 20.1. The van der Waals surface area contributed by atoms with Crippen molar-refractivity contribution >= 4 is 16.7 Å². The molecule has 1 spiro atoms. The number of aliphatic hydroxyl groups is 1. The van der Waals surface area contributed by atoms with Gasteiger partial charge in [0.05, 0.1) is 30.4 Å². The minimum Gasteiger partial charge on any atom is -0.496 e. The summed E-state index contributed by atoms with van der Waals surface area (Å²) < 4.78 is 12.0. The molecule has 3 aromatic rings. The summed E-state index contributed by atoms with van der Waals surface area (Å²) in [5.41, 5.74) is 1.94. The third-order valence-electron chi connectivity index (χ3n) is 9.16. The van der Waals surface area contributed by atoms with Crippen LogP contribution in [0.5, 0.6) is 5.75 Å². The van der Waals surface area contributed by atoms with Crippen LogP contribution in [-0.4, -0.2) is 58.7 Å². The number of benzene rings is 1. The van der Waals surface area contributed by atoms with Crippen molar-refractivity contribution < 1.29 is 19.1 Å². The van der Waals surface area contributed by atoms with E-state index in [0.29, 0.717) is 36.0 Å². The van der Waals surface area contributed by atoms with E-state index in [4.69, 9.17) is 9.15 Å². The minimum atomic E-state index is -0.600. The Morgan fingerprint density at radius 1 is 1.23 bits per heavy atom. The number of hydrogen-bond donors (Lipinski definition) is 2. The van der Waals surface area contributed by atoms with Gasteiger partial charge in [-0.25, -0.2) is 4.98 Å². The van der Waals surface area contributed by atoms with Crippen LogP contribution < -0.4 is 10.1 Å². The minimum absolute atomic E-state index is 0.216. The van der Waals surface area contributed by atoms with E-state index in [1.807, 2.05) is 31.2 Å². The van der Waals surface area contributed by atoms with Gasteiger partial charge in [-0.1, -0.05) is 32.8 Å². The number of fused-ring (bicyclic) bond motifs is 1. The van der Waals surface area contributed by atoms with E-state index in [-0.39, 0.29) is 17.4 Å². The van der Waals surface area contributed by atoms with Crippen molar-refractivity contribution in [1.82, 2.24) is 20.2 Å². The summed E-state index contributed by atoms with van der Waals surface area (Å²) in [6.07, 6.45) is 11.1. The van der Waals surface area contributed by atoms with E-state index in [2.05, 4.69) is 27.1 Å². The number of likely N-dealkylation sites (tertiary alicyclic amines) is 1. The zero-order valence-corrected chi connectivity index (χ0v) is 24.2. The van der Waals surface area contributed by atoms with Crippen LogP contribution >= 0.6 is 0 Å². The molecule has 1 aromatic carbocycles. The average molecular weight is 549 g/mol. The van der Waals surface area contributed by atoms with Crippen LogP contribution in [0.4, 0.5) is 0 Å². The van der Waals surface area contributed by atoms with Gasteiger partial charge in [0.2, 0.25) is 5.89 Å². The number of carbonyl (C=O) groups excluding carboxylic acids is 1. The molecule has 0 radical (unpaired) electrons. The third kappa shape index (κ3) is 6.40. The topological polar surface area (TPSA) is 101 Å². The van der Waals surface area contributed by atoms with Crippen molar-refractivity contribution in [3.63, 3.8) is 0 Å². The summed E-state index contributed by atoms with van der Waals surface area (Å²) in [6.45, 7) is 7.47. The van der Waals surface area contributed by atoms with Crippen molar-refractivity contribution in [2.75, 3.05) is 26.7 Å². The summed E-state index contributed by atoms with van der Waals surface area (Å²) in [5, 5.41) is 15.8. The first-order valence-corrected chi connectivity index (χ1v) is 15.0. The summed E-state index contributed by atoms with van der Waals surface area (Å²) >= 11 is 0. The Morgan fingerprint density at radius 2 is 2.05 bits per heavy atom. The number of Topliss-reactive ketones (excluding diaryl/α,β-unsaturated/α-hetero) is 1. The molecule has 2 fully saturated rings. The zero-order chi connectivity index (χ0) is 28.1. The van der Waals surface area contributed by atoms with E-state index >= 15 is 0 Å². The fourth-order valence-electron chi connectivity index (χ4n) is 6.38. The number of nitrogens with one attached hydrogen (secondary N) is 1. The van der Waals surface area contributed by atoms with Gasteiger partial charge in [-0.3, -0.25) is 15.1 Å². The molecule has 3 heterocycles. The number of unbranched alkanes of at least 4 members (excludes halogenated alkanes) is 2. The predicted octanol–water partition coefficient (Wildman–Crippen LogP) is 5.90. The smallest absolute Gasteiger partial charge is 0.212 e. The molecule has 1 aliphatic heterocycles. The van der Waals surface area contributed by atoms with Gasteiger partial charge in [0.1, 0.15) is 17.8 Å². The molecule has 0 bridgehead atoms. The number of aromatic nitrogens is 2. The Hall–Kier alpha value is -2.81. The van der Waals surface area contributed by atoms with Gasteiger partial charge in [-0.2, -0.15) is 0 Å². The first-order valence-electron chi connectivity index (χ1n) is 15.0. The quantitative estimate of drug-likeness (QED) is 0.190. The molecule has 1 aliphatic carbocycles. The largest absolute Gasteiger partial charge is 0.496 e. The molecule has 5 rings (SSSR count). The molecule has 8 heteroatoms. The fraction of sp³-hybridized carbons (Fsp3) is 0.594. The number of rotatable bonds is 14. The number of nitrogens with zero attached hydrogens (tertiary/aromatic N) is 3. The molecule has 2 N–H and O–H groups in total. The van der Waals surface area contributed by atoms with Crippen LogP contribution in [0.1, 0.15) is 83.6 Å². The van der Waals surface area contributed by atoms with E-state index in [1.54, 1.807) is 19.5 Å². The van der Waals surface area contributed by atoms with Crippen molar-refractivity contribution in [2.45, 2.75) is 83.9 Å². The summed E-state index contributed by atoms with van der Waals surface area (Å²) in [4.78, 5) is 23.3. The number of pyridine rings is 1. The van der Waals surface area contributed by atoms with Gasteiger partial charge in [-0.15, -0.1) is 0 Å². The Kier molecular flexibility index (Phi) is 9.18. The molecule has 0 amide bonds. The van der Waals surface area contributed by atoms with Crippen molar-refractivity contribution in [2.24, 2.45) is 11.3 Å². The van der Waals surface area contributed by atoms with Crippen LogP contribution in [0.15, 0.2) is 41.1 Å². The molecular weight excluding hydrogens is 504 g/mol. The maximum absolute atomic E-state index is 11.7. The molecule has 3 atom stereocenters. The van der Waals surface area contributed by atoms with Gasteiger partial charge in [-0.05, 0) is 69.3 Å². The molecule has 40 heavy (non-hydrogen) atoms. The highest BCUT2D eigenvalue weighted by Gasteiger charge is 2.57. The predicted molar refractivity (Wildman–Crippen MR) is 156 cm³/mol. The number of methoxy groups -OCH3 is 1. The van der Waals surface area contributed by atoms with Gasteiger partial charge < -0.3 is 19.2 Å². The highest BCUT2D eigenvalue weighted by molar-refractivity contribution is 5.87. The van der Waals surface area contributed by atoms with Crippen LogP contribution in [0.2, 0.25) is 0 Å². The second-order valence-electron chi connectivity index (χ2n) is 11.6. The molecule has 1 unspecified atom stereocenters. The first kappa shape index (κ1) is 28.7. The number of aliphatic hydroxyl groups excluding tert-OH is 1. The van der Waals surface area contributed by atoms with Gasteiger partial charge in [0.15, 0.2) is 5.76 Å². The molecule has 216 valence electrons. The Labute approximate surface area is 237 Å². The van der Waals surface area contributed by atoms with Gasteiger partial charge in [0.25, 0.3) is 0 Å². The monoisotopic (exact) mass is 548 g/mol. The fourth-order valence-corrected chi connectivity index (χ4v) is 6.38. The Morgan fingerprint density at radius 3 is 2.80 bits per heavy atom. The third-order valence-corrected chi connectivity index (χ3v) is 9.16. The molecule has 2 aliphatic rings. The van der Waals surface area contributed by atoms with Crippen molar-refractivity contribution in [3.05, 3.63) is 42.5 Å². The van der Waals surface area contributed by atoms with Gasteiger partial charge in [0, 0.05) is 36.4 Å². The highest BCUT2D eigenvalue weighted by Crippen LogP contribution is 2.60. The Balaban J connectivity index is 1.31. The number of ketones is 1. The van der Waals surface area contributed by atoms with Crippen LogP contribution in [0.3, 0.4) is 0 Å². The second-order valence-corrected chi connectivity index (χ2v) is 11.6. The summed E-state index contributed by atoms with van der Waals surface area (Å²) in [5.74, 6) is 2.45. The number of oxazole rings is 1. The second kappa shape index (κ2) is 12.8. The van der Waals surface area contributed by atoms with Gasteiger partial charge >= 0.3 is 0 Å². The average Bonchev–Trinajstić information content (AvgIpc) is 3.46. The van der Waals surface area contributed by atoms with Crippen molar-refractivity contribution in [3.8, 4) is 17.1 Å². The van der Waals surface area contributed by atoms with Crippen LogP contribution in [0.25, 0.3) is 22.2 Å². The maximum atomic E-state index is 11.7. The number of ether oxygens (including phenoxy) is 1. The van der Waals surface area contributed by atoms with E-state index < -0.39 is 6.23 Å². The molecule has 1 saturated heterocycles. The summed E-state index contributed by atoms with van der Waals surface area (Å²) in [7, 11) is 1.64. The lowest BCUT2D eigenvalue weighted by Crippen LogP contribution is -2.39. The van der Waals surface area contributed by atoms with Crippen molar-refractivity contribution in [1.29, 1.82) is 0 Å². The lowest BCUT2D eigenvalue weighted by Gasteiger charge is -2.33. The molecular formula is C32H44N4O4.